The van der Waals surface area contributed by atoms with Crippen molar-refractivity contribution in [3.05, 3.63) is 11.6 Å². The summed E-state index contributed by atoms with van der Waals surface area (Å²) in [6.07, 6.45) is 3.21. The highest BCUT2D eigenvalue weighted by Crippen LogP contribution is 2.65. The van der Waals surface area contributed by atoms with E-state index >= 15 is 0 Å². The standard InChI is InChI=1S/C15H20O5/c1-13(2)5-3-6-14-10(11(17)20-12(14)18)9(8-16)4-7-15(13,14)19/h4,8,10-11,17,19H,3,5-7H2,1-2H3. The molecule has 0 bridgehead atoms. The van der Waals surface area contributed by atoms with Crippen LogP contribution in [-0.4, -0.2) is 34.4 Å². The van der Waals surface area contributed by atoms with Crippen LogP contribution in [0.3, 0.4) is 0 Å². The van der Waals surface area contributed by atoms with E-state index in [-0.39, 0.29) is 6.42 Å². The summed E-state index contributed by atoms with van der Waals surface area (Å²) in [7, 11) is 0. The average molecular weight is 280 g/mol. The van der Waals surface area contributed by atoms with Crippen LogP contribution in [-0.2, 0) is 14.3 Å². The molecular weight excluding hydrogens is 260 g/mol. The molecule has 1 aliphatic heterocycles. The van der Waals surface area contributed by atoms with Gasteiger partial charge in [-0.15, -0.1) is 0 Å². The Labute approximate surface area is 117 Å². The third-order valence-electron chi connectivity index (χ3n) is 5.77. The number of cyclic esters (lactones) is 1. The summed E-state index contributed by atoms with van der Waals surface area (Å²) < 4.78 is 5.02. The van der Waals surface area contributed by atoms with Crippen molar-refractivity contribution in [1.82, 2.24) is 0 Å². The summed E-state index contributed by atoms with van der Waals surface area (Å²) in [5, 5.41) is 21.4. The molecule has 1 saturated carbocycles. The van der Waals surface area contributed by atoms with Crippen LogP contribution in [0.5, 0.6) is 0 Å². The van der Waals surface area contributed by atoms with Gasteiger partial charge in [-0.3, -0.25) is 9.59 Å². The lowest BCUT2D eigenvalue weighted by Crippen LogP contribution is -2.66. The molecule has 20 heavy (non-hydrogen) atoms. The molecule has 2 aliphatic carbocycles. The molecule has 2 N–H and O–H groups in total. The molecule has 4 atom stereocenters. The van der Waals surface area contributed by atoms with E-state index < -0.39 is 34.6 Å². The molecule has 1 heterocycles. The Morgan fingerprint density at radius 2 is 2.10 bits per heavy atom. The summed E-state index contributed by atoms with van der Waals surface area (Å²) in [4.78, 5) is 23.7. The third kappa shape index (κ3) is 1.30. The van der Waals surface area contributed by atoms with Crippen molar-refractivity contribution in [2.24, 2.45) is 16.7 Å². The van der Waals surface area contributed by atoms with Crippen molar-refractivity contribution in [2.75, 3.05) is 0 Å². The molecule has 3 rings (SSSR count). The Hall–Kier alpha value is -1.20. The third-order valence-corrected chi connectivity index (χ3v) is 5.77. The zero-order chi connectivity index (χ0) is 14.8. The predicted molar refractivity (Wildman–Crippen MR) is 69.4 cm³/mol. The zero-order valence-electron chi connectivity index (χ0n) is 11.8. The Balaban J connectivity index is 2.25. The SMILES string of the molecule is CC1(C)CCCC23C(=O)OC(O)C2C(C=O)=CCC13O. The van der Waals surface area contributed by atoms with Crippen LogP contribution in [0.1, 0.15) is 39.5 Å². The van der Waals surface area contributed by atoms with Crippen molar-refractivity contribution >= 4 is 12.3 Å². The number of aliphatic hydroxyl groups is 2. The second kappa shape index (κ2) is 3.92. The molecule has 4 unspecified atom stereocenters. The highest BCUT2D eigenvalue weighted by atomic mass is 16.6. The Morgan fingerprint density at radius 3 is 2.75 bits per heavy atom. The average Bonchev–Trinajstić information content (AvgIpc) is 2.63. The molecule has 0 amide bonds. The minimum absolute atomic E-state index is 0.242. The van der Waals surface area contributed by atoms with Gasteiger partial charge in [0.15, 0.2) is 0 Å². The largest absolute Gasteiger partial charge is 0.435 e. The van der Waals surface area contributed by atoms with E-state index in [0.717, 1.165) is 12.8 Å². The van der Waals surface area contributed by atoms with Crippen LogP contribution in [0.2, 0.25) is 0 Å². The molecule has 0 aromatic rings. The van der Waals surface area contributed by atoms with Gasteiger partial charge in [0.05, 0.1) is 11.5 Å². The van der Waals surface area contributed by atoms with Gasteiger partial charge in [-0.1, -0.05) is 26.3 Å². The summed E-state index contributed by atoms with van der Waals surface area (Å²) in [5.74, 6) is -1.33. The summed E-state index contributed by atoms with van der Waals surface area (Å²) in [5.41, 5.74) is -2.59. The van der Waals surface area contributed by atoms with Gasteiger partial charge in [0.1, 0.15) is 11.7 Å². The van der Waals surface area contributed by atoms with Gasteiger partial charge in [0, 0.05) is 0 Å². The molecule has 5 heteroatoms. The normalized spacial score (nSPS) is 46.0. The molecule has 110 valence electrons. The van der Waals surface area contributed by atoms with Crippen molar-refractivity contribution in [3.63, 3.8) is 0 Å². The van der Waals surface area contributed by atoms with Crippen LogP contribution in [0.15, 0.2) is 11.6 Å². The highest BCUT2D eigenvalue weighted by Gasteiger charge is 2.73. The molecular formula is C15H20O5. The zero-order valence-corrected chi connectivity index (χ0v) is 11.8. The second-order valence-corrected chi connectivity index (χ2v) is 6.87. The fourth-order valence-corrected chi connectivity index (χ4v) is 4.58. The van der Waals surface area contributed by atoms with E-state index in [0.29, 0.717) is 18.3 Å². The molecule has 5 nitrogen and oxygen atoms in total. The maximum atomic E-state index is 12.4. The van der Waals surface area contributed by atoms with Gasteiger partial charge in [-0.25, -0.2) is 0 Å². The number of ether oxygens (including phenoxy) is 1. The van der Waals surface area contributed by atoms with Gasteiger partial charge in [-0.05, 0) is 30.3 Å². The quantitative estimate of drug-likeness (QED) is 0.551. The number of carbonyl (C=O) groups is 2. The van der Waals surface area contributed by atoms with Gasteiger partial charge in [-0.2, -0.15) is 0 Å². The number of aliphatic hydroxyl groups excluding tert-OH is 1. The molecule has 1 saturated heterocycles. The van der Waals surface area contributed by atoms with Crippen LogP contribution in [0.25, 0.3) is 0 Å². The first-order valence-electron chi connectivity index (χ1n) is 7.07. The first-order chi connectivity index (χ1) is 9.30. The first kappa shape index (κ1) is 13.8. The lowest BCUT2D eigenvalue weighted by Gasteiger charge is -2.58. The maximum absolute atomic E-state index is 12.4. The van der Waals surface area contributed by atoms with Crippen LogP contribution in [0, 0.1) is 16.7 Å². The summed E-state index contributed by atoms with van der Waals surface area (Å²) >= 11 is 0. The molecule has 3 aliphatic rings. The molecule has 1 spiro atoms. The summed E-state index contributed by atoms with van der Waals surface area (Å²) in [6.45, 7) is 3.87. The highest BCUT2D eigenvalue weighted by molar-refractivity contribution is 5.87. The van der Waals surface area contributed by atoms with E-state index in [1.165, 1.54) is 0 Å². The van der Waals surface area contributed by atoms with E-state index in [4.69, 9.17) is 4.74 Å². The number of hydrogen-bond donors (Lipinski definition) is 2. The lowest BCUT2D eigenvalue weighted by molar-refractivity contribution is -0.207. The summed E-state index contributed by atoms with van der Waals surface area (Å²) in [6, 6.07) is 0. The first-order valence-corrected chi connectivity index (χ1v) is 7.07. The van der Waals surface area contributed by atoms with Crippen molar-refractivity contribution in [1.29, 1.82) is 0 Å². The van der Waals surface area contributed by atoms with E-state index in [2.05, 4.69) is 0 Å². The van der Waals surface area contributed by atoms with E-state index in [1.54, 1.807) is 6.08 Å². The van der Waals surface area contributed by atoms with Crippen molar-refractivity contribution in [2.45, 2.75) is 51.4 Å². The maximum Gasteiger partial charge on any atom is 0.318 e. The number of hydrogen-bond acceptors (Lipinski definition) is 5. The molecule has 0 aromatic heterocycles. The van der Waals surface area contributed by atoms with Gasteiger partial charge >= 0.3 is 5.97 Å². The lowest BCUT2D eigenvalue weighted by atomic mass is 9.45. The topological polar surface area (TPSA) is 83.8 Å². The van der Waals surface area contributed by atoms with E-state index in [9.17, 15) is 19.8 Å². The number of aldehydes is 1. The minimum Gasteiger partial charge on any atom is -0.435 e. The monoisotopic (exact) mass is 280 g/mol. The fraction of sp³-hybridized carbons (Fsp3) is 0.733. The molecule has 2 fully saturated rings. The van der Waals surface area contributed by atoms with Gasteiger partial charge in [0.2, 0.25) is 6.29 Å². The smallest absolute Gasteiger partial charge is 0.318 e. The van der Waals surface area contributed by atoms with Crippen LogP contribution in [0.4, 0.5) is 0 Å². The minimum atomic E-state index is -1.35. The Bertz CT molecular complexity index is 508. The van der Waals surface area contributed by atoms with Crippen molar-refractivity contribution in [3.8, 4) is 0 Å². The van der Waals surface area contributed by atoms with Crippen LogP contribution >= 0.6 is 0 Å². The predicted octanol–water partition coefficient (Wildman–Crippen LogP) is 0.934. The number of rotatable bonds is 1. The van der Waals surface area contributed by atoms with Crippen LogP contribution < -0.4 is 0 Å². The van der Waals surface area contributed by atoms with Gasteiger partial charge in [0.25, 0.3) is 0 Å². The van der Waals surface area contributed by atoms with Crippen molar-refractivity contribution < 1.29 is 24.5 Å². The number of carbonyl (C=O) groups excluding carboxylic acids is 2. The fourth-order valence-electron chi connectivity index (χ4n) is 4.58. The second-order valence-electron chi connectivity index (χ2n) is 6.87. The molecule has 0 aromatic carbocycles. The Morgan fingerprint density at radius 1 is 1.40 bits per heavy atom. The van der Waals surface area contributed by atoms with E-state index in [1.807, 2.05) is 13.8 Å². The Kier molecular flexibility index (Phi) is 2.70. The molecule has 0 radical (unpaired) electrons. The number of esters is 1. The van der Waals surface area contributed by atoms with Gasteiger partial charge < -0.3 is 14.9 Å².